The number of rotatable bonds is 8. The summed E-state index contributed by atoms with van der Waals surface area (Å²) in [6, 6.07) is 14.7. The van der Waals surface area contributed by atoms with Crippen LogP contribution in [0.15, 0.2) is 53.4 Å². The van der Waals surface area contributed by atoms with E-state index < -0.39 is 10.0 Å². The van der Waals surface area contributed by atoms with Crippen molar-refractivity contribution >= 4 is 15.9 Å². The first kappa shape index (κ1) is 19.9. The number of amides is 1. The van der Waals surface area contributed by atoms with Crippen LogP contribution >= 0.6 is 0 Å². The van der Waals surface area contributed by atoms with Gasteiger partial charge in [0.05, 0.1) is 13.7 Å². The smallest absolute Gasteiger partial charge is 0.246 e. The Kier molecular flexibility index (Phi) is 6.76. The predicted octanol–water partition coefficient (Wildman–Crippen LogP) is 1.98. The maximum atomic E-state index is 12.8. The van der Waals surface area contributed by atoms with Crippen molar-refractivity contribution in [1.82, 2.24) is 9.62 Å². The van der Waals surface area contributed by atoms with E-state index in [0.29, 0.717) is 13.0 Å². The maximum Gasteiger partial charge on any atom is 0.246 e. The molecule has 2 aromatic rings. The molecule has 2 aromatic carbocycles. The Bertz CT molecular complexity index is 851. The van der Waals surface area contributed by atoms with Gasteiger partial charge in [-0.1, -0.05) is 36.4 Å². The first-order valence-electron chi connectivity index (χ1n) is 8.26. The van der Waals surface area contributed by atoms with E-state index in [1.165, 1.54) is 20.2 Å². The molecule has 140 valence electrons. The van der Waals surface area contributed by atoms with Crippen LogP contribution in [0.2, 0.25) is 0 Å². The van der Waals surface area contributed by atoms with Gasteiger partial charge in [-0.25, -0.2) is 8.42 Å². The molecule has 0 spiro atoms. The molecule has 1 amide bonds. The third kappa shape index (κ3) is 5.06. The van der Waals surface area contributed by atoms with Crippen LogP contribution in [0.25, 0.3) is 0 Å². The minimum absolute atomic E-state index is 0.0552. The first-order valence-corrected chi connectivity index (χ1v) is 9.70. The van der Waals surface area contributed by atoms with Crippen LogP contribution in [-0.4, -0.2) is 45.9 Å². The Morgan fingerprint density at radius 2 is 1.85 bits per heavy atom. The van der Waals surface area contributed by atoms with E-state index in [2.05, 4.69) is 5.32 Å². The Balaban J connectivity index is 1.98. The summed E-state index contributed by atoms with van der Waals surface area (Å²) in [5.74, 6) is -0.0921. The molecule has 0 fully saturated rings. The summed E-state index contributed by atoms with van der Waals surface area (Å²) in [5.41, 5.74) is 1.91. The Hall–Kier alpha value is -2.38. The van der Waals surface area contributed by atoms with E-state index in [1.54, 1.807) is 19.1 Å². The van der Waals surface area contributed by atoms with Gasteiger partial charge in [-0.05, 0) is 36.6 Å². The summed E-state index contributed by atoms with van der Waals surface area (Å²) in [5, 5.41) is 2.75. The summed E-state index contributed by atoms with van der Waals surface area (Å²) in [7, 11) is -1.03. The molecule has 0 aliphatic rings. The number of sulfonamides is 1. The van der Waals surface area contributed by atoms with Gasteiger partial charge in [-0.2, -0.15) is 4.31 Å². The van der Waals surface area contributed by atoms with Crippen molar-refractivity contribution in [3.05, 3.63) is 59.7 Å². The highest BCUT2D eigenvalue weighted by atomic mass is 32.2. The standard InChI is InChI=1S/C19H24N2O4S/c1-15-9-10-17(25-3)18(13-15)26(23,24)21(2)14-19(22)20-12-11-16-7-5-4-6-8-16/h4-10,13H,11-12,14H2,1-3H3,(H,20,22). The second-order valence-electron chi connectivity index (χ2n) is 6.00. The number of carbonyl (C=O) groups is 1. The quantitative estimate of drug-likeness (QED) is 0.764. The molecular formula is C19H24N2O4S. The number of hydrogen-bond donors (Lipinski definition) is 1. The summed E-state index contributed by atoms with van der Waals surface area (Å²) >= 11 is 0. The van der Waals surface area contributed by atoms with Crippen molar-refractivity contribution in [1.29, 1.82) is 0 Å². The highest BCUT2D eigenvalue weighted by Gasteiger charge is 2.26. The number of nitrogens with zero attached hydrogens (tertiary/aromatic N) is 1. The highest BCUT2D eigenvalue weighted by Crippen LogP contribution is 2.26. The summed E-state index contributed by atoms with van der Waals surface area (Å²) in [4.78, 5) is 12.1. The molecule has 0 heterocycles. The van der Waals surface area contributed by atoms with Crippen LogP contribution < -0.4 is 10.1 Å². The number of likely N-dealkylation sites (N-methyl/N-ethyl adjacent to an activating group) is 1. The SMILES string of the molecule is COc1ccc(C)cc1S(=O)(=O)N(C)CC(=O)NCCc1ccccc1. The molecule has 0 saturated carbocycles. The molecule has 6 nitrogen and oxygen atoms in total. The minimum atomic E-state index is -3.83. The van der Waals surface area contributed by atoms with Gasteiger partial charge < -0.3 is 10.1 Å². The van der Waals surface area contributed by atoms with E-state index in [9.17, 15) is 13.2 Å². The van der Waals surface area contributed by atoms with Gasteiger partial charge in [0.2, 0.25) is 15.9 Å². The largest absolute Gasteiger partial charge is 0.495 e. The number of hydrogen-bond acceptors (Lipinski definition) is 4. The lowest BCUT2D eigenvalue weighted by Crippen LogP contribution is -2.39. The average Bonchev–Trinajstić information content (AvgIpc) is 2.62. The van der Waals surface area contributed by atoms with E-state index in [1.807, 2.05) is 30.3 Å². The molecule has 0 saturated heterocycles. The molecule has 7 heteroatoms. The van der Waals surface area contributed by atoms with E-state index >= 15 is 0 Å². The lowest BCUT2D eigenvalue weighted by molar-refractivity contribution is -0.121. The van der Waals surface area contributed by atoms with Crippen LogP contribution in [-0.2, 0) is 21.2 Å². The van der Waals surface area contributed by atoms with E-state index in [4.69, 9.17) is 4.74 Å². The van der Waals surface area contributed by atoms with Gasteiger partial charge >= 0.3 is 0 Å². The molecule has 0 aliphatic heterocycles. The van der Waals surface area contributed by atoms with E-state index in [0.717, 1.165) is 15.4 Å². The van der Waals surface area contributed by atoms with Crippen molar-refractivity contribution in [3.63, 3.8) is 0 Å². The molecule has 0 atom stereocenters. The number of carbonyl (C=O) groups excluding carboxylic acids is 1. The third-order valence-corrected chi connectivity index (χ3v) is 5.78. The van der Waals surface area contributed by atoms with Crippen molar-refractivity contribution in [2.24, 2.45) is 0 Å². The number of nitrogens with one attached hydrogen (secondary N) is 1. The third-order valence-electron chi connectivity index (χ3n) is 3.95. The lowest BCUT2D eigenvalue weighted by Gasteiger charge is -2.19. The molecule has 26 heavy (non-hydrogen) atoms. The maximum absolute atomic E-state index is 12.8. The molecule has 0 unspecified atom stereocenters. The molecule has 2 rings (SSSR count). The van der Waals surface area contributed by atoms with Gasteiger partial charge in [0.1, 0.15) is 10.6 Å². The topological polar surface area (TPSA) is 75.7 Å². The fourth-order valence-corrected chi connectivity index (χ4v) is 3.85. The number of ether oxygens (including phenoxy) is 1. The van der Waals surface area contributed by atoms with Crippen LogP contribution in [0.1, 0.15) is 11.1 Å². The average molecular weight is 376 g/mol. The van der Waals surface area contributed by atoms with Crippen molar-refractivity contribution < 1.29 is 17.9 Å². The number of aryl methyl sites for hydroxylation is 1. The first-order chi connectivity index (χ1) is 12.3. The van der Waals surface area contributed by atoms with Crippen molar-refractivity contribution in [2.75, 3.05) is 27.2 Å². The van der Waals surface area contributed by atoms with E-state index in [-0.39, 0.29) is 23.1 Å². The zero-order valence-corrected chi connectivity index (χ0v) is 16.0. The van der Waals surface area contributed by atoms with Gasteiger partial charge in [0, 0.05) is 13.6 Å². The Morgan fingerprint density at radius 3 is 2.50 bits per heavy atom. The normalized spacial score (nSPS) is 11.4. The fourth-order valence-electron chi connectivity index (χ4n) is 2.49. The fraction of sp³-hybridized carbons (Fsp3) is 0.316. The Morgan fingerprint density at radius 1 is 1.15 bits per heavy atom. The van der Waals surface area contributed by atoms with Crippen LogP contribution in [0.4, 0.5) is 0 Å². The minimum Gasteiger partial charge on any atom is -0.495 e. The monoisotopic (exact) mass is 376 g/mol. The molecule has 0 radical (unpaired) electrons. The zero-order valence-electron chi connectivity index (χ0n) is 15.2. The van der Waals surface area contributed by atoms with Gasteiger partial charge in [0.25, 0.3) is 0 Å². The molecule has 0 aromatic heterocycles. The molecule has 0 bridgehead atoms. The lowest BCUT2D eigenvalue weighted by atomic mass is 10.1. The molecule has 0 aliphatic carbocycles. The predicted molar refractivity (Wildman–Crippen MR) is 101 cm³/mol. The summed E-state index contributed by atoms with van der Waals surface area (Å²) in [6.45, 7) is 1.99. The van der Waals surface area contributed by atoms with Gasteiger partial charge in [-0.3, -0.25) is 4.79 Å². The van der Waals surface area contributed by atoms with Crippen LogP contribution in [0.5, 0.6) is 5.75 Å². The number of methoxy groups -OCH3 is 1. The Labute approximate surface area is 154 Å². The zero-order chi connectivity index (χ0) is 19.2. The van der Waals surface area contributed by atoms with Crippen LogP contribution in [0.3, 0.4) is 0 Å². The van der Waals surface area contributed by atoms with Gasteiger partial charge in [-0.15, -0.1) is 0 Å². The molecular weight excluding hydrogens is 352 g/mol. The summed E-state index contributed by atoms with van der Waals surface area (Å²) < 4.78 is 31.7. The highest BCUT2D eigenvalue weighted by molar-refractivity contribution is 7.89. The second kappa shape index (κ2) is 8.82. The number of benzene rings is 2. The molecule has 1 N–H and O–H groups in total. The van der Waals surface area contributed by atoms with Crippen molar-refractivity contribution in [2.45, 2.75) is 18.2 Å². The van der Waals surface area contributed by atoms with Crippen LogP contribution in [0, 0.1) is 6.92 Å². The second-order valence-corrected chi connectivity index (χ2v) is 8.01. The van der Waals surface area contributed by atoms with Crippen molar-refractivity contribution in [3.8, 4) is 5.75 Å². The van der Waals surface area contributed by atoms with Gasteiger partial charge in [0.15, 0.2) is 0 Å². The summed E-state index contributed by atoms with van der Waals surface area (Å²) in [6.07, 6.45) is 0.689.